The maximum Gasteiger partial charge on any atom is 0.204 e. The molecule has 0 fully saturated rings. The molecule has 0 saturated carbocycles. The van der Waals surface area contributed by atoms with Gasteiger partial charge in [0.15, 0.2) is 0 Å². The Morgan fingerprint density at radius 3 is 1.95 bits per heavy atom. The molecule has 0 aliphatic heterocycles. The largest absolute Gasteiger partial charge is 0.496 e. The molecular formula is C17H18O4. The van der Waals surface area contributed by atoms with Gasteiger partial charge in [-0.3, -0.25) is 4.79 Å². The minimum absolute atomic E-state index is 0.190. The van der Waals surface area contributed by atoms with Gasteiger partial charge in [-0.1, -0.05) is 17.7 Å². The number of benzene rings is 2. The van der Waals surface area contributed by atoms with E-state index in [1.165, 1.54) is 14.2 Å². The second-order valence-corrected chi connectivity index (χ2v) is 4.57. The topological polar surface area (TPSA) is 44.8 Å². The fourth-order valence-electron chi connectivity index (χ4n) is 2.21. The van der Waals surface area contributed by atoms with Gasteiger partial charge in [0.2, 0.25) is 5.78 Å². The molecule has 2 aromatic carbocycles. The number of carbonyl (C=O) groups excluding carboxylic acids is 1. The second kappa shape index (κ2) is 6.31. The summed E-state index contributed by atoms with van der Waals surface area (Å²) in [5.41, 5.74) is 1.86. The molecule has 110 valence electrons. The highest BCUT2D eigenvalue weighted by Crippen LogP contribution is 2.33. The van der Waals surface area contributed by atoms with Crippen LogP contribution in [0.25, 0.3) is 0 Å². The number of rotatable bonds is 5. The summed E-state index contributed by atoms with van der Waals surface area (Å²) in [4.78, 5) is 12.9. The van der Waals surface area contributed by atoms with Crippen molar-refractivity contribution in [3.05, 3.63) is 53.1 Å². The van der Waals surface area contributed by atoms with E-state index in [0.29, 0.717) is 28.4 Å². The van der Waals surface area contributed by atoms with E-state index < -0.39 is 0 Å². The van der Waals surface area contributed by atoms with Crippen LogP contribution in [-0.2, 0) is 0 Å². The molecule has 0 saturated heterocycles. The lowest BCUT2D eigenvalue weighted by atomic mass is 9.99. The van der Waals surface area contributed by atoms with E-state index in [2.05, 4.69) is 0 Å². The van der Waals surface area contributed by atoms with Gasteiger partial charge in [-0.15, -0.1) is 0 Å². The van der Waals surface area contributed by atoms with Crippen molar-refractivity contribution in [2.45, 2.75) is 6.92 Å². The third-order valence-electron chi connectivity index (χ3n) is 3.25. The van der Waals surface area contributed by atoms with Gasteiger partial charge in [0.25, 0.3) is 0 Å². The summed E-state index contributed by atoms with van der Waals surface area (Å²) in [5, 5.41) is 0. The van der Waals surface area contributed by atoms with Crippen LogP contribution < -0.4 is 14.2 Å². The first-order valence-corrected chi connectivity index (χ1v) is 6.52. The van der Waals surface area contributed by atoms with Gasteiger partial charge in [-0.05, 0) is 31.2 Å². The molecule has 2 rings (SSSR count). The molecule has 0 spiro atoms. The van der Waals surface area contributed by atoms with Crippen molar-refractivity contribution >= 4 is 5.78 Å². The normalized spacial score (nSPS) is 10.1. The molecule has 0 aliphatic carbocycles. The summed E-state index contributed by atoms with van der Waals surface area (Å²) in [7, 11) is 4.60. The fraction of sp³-hybridized carbons (Fsp3) is 0.235. The lowest BCUT2D eigenvalue weighted by molar-refractivity contribution is 0.103. The minimum Gasteiger partial charge on any atom is -0.496 e. The zero-order valence-electron chi connectivity index (χ0n) is 12.6. The highest BCUT2D eigenvalue weighted by molar-refractivity contribution is 6.14. The van der Waals surface area contributed by atoms with Crippen LogP contribution in [0.1, 0.15) is 21.5 Å². The van der Waals surface area contributed by atoms with Crippen molar-refractivity contribution in [2.24, 2.45) is 0 Å². The molecule has 0 unspecified atom stereocenters. The van der Waals surface area contributed by atoms with Crippen LogP contribution in [0.5, 0.6) is 17.2 Å². The van der Waals surface area contributed by atoms with Gasteiger partial charge >= 0.3 is 0 Å². The maximum atomic E-state index is 12.9. The Balaban J connectivity index is 2.62. The van der Waals surface area contributed by atoms with Crippen molar-refractivity contribution in [1.29, 1.82) is 0 Å². The summed E-state index contributed by atoms with van der Waals surface area (Å²) in [6.45, 7) is 1.93. The van der Waals surface area contributed by atoms with Crippen molar-refractivity contribution < 1.29 is 19.0 Å². The SMILES string of the molecule is COc1ccc(C)cc1C(=O)c1c(OC)cccc1OC. The van der Waals surface area contributed by atoms with E-state index in [1.807, 2.05) is 13.0 Å². The molecule has 0 amide bonds. The van der Waals surface area contributed by atoms with Gasteiger partial charge in [-0.25, -0.2) is 0 Å². The number of ether oxygens (including phenoxy) is 3. The van der Waals surface area contributed by atoms with Crippen molar-refractivity contribution in [3.63, 3.8) is 0 Å². The van der Waals surface area contributed by atoms with E-state index >= 15 is 0 Å². The molecular weight excluding hydrogens is 268 g/mol. The van der Waals surface area contributed by atoms with Crippen molar-refractivity contribution in [3.8, 4) is 17.2 Å². The highest BCUT2D eigenvalue weighted by Gasteiger charge is 2.22. The molecule has 4 heteroatoms. The first kappa shape index (κ1) is 14.9. The number of methoxy groups -OCH3 is 3. The molecule has 21 heavy (non-hydrogen) atoms. The molecule has 0 N–H and O–H groups in total. The van der Waals surface area contributed by atoms with Crippen molar-refractivity contribution in [1.82, 2.24) is 0 Å². The number of hydrogen-bond donors (Lipinski definition) is 0. The summed E-state index contributed by atoms with van der Waals surface area (Å²) < 4.78 is 15.9. The van der Waals surface area contributed by atoms with Gasteiger partial charge in [0.05, 0.1) is 26.9 Å². The lowest BCUT2D eigenvalue weighted by Crippen LogP contribution is -2.08. The van der Waals surface area contributed by atoms with Gasteiger partial charge in [0, 0.05) is 0 Å². The number of aryl methyl sites for hydroxylation is 1. The van der Waals surface area contributed by atoms with Gasteiger partial charge in [0.1, 0.15) is 22.8 Å². The van der Waals surface area contributed by atoms with Crippen LogP contribution in [0.4, 0.5) is 0 Å². The molecule has 0 aromatic heterocycles. The Morgan fingerprint density at radius 2 is 1.43 bits per heavy atom. The molecule has 0 aliphatic rings. The quantitative estimate of drug-likeness (QED) is 0.791. The van der Waals surface area contributed by atoms with E-state index in [9.17, 15) is 4.79 Å². The van der Waals surface area contributed by atoms with Crippen LogP contribution in [0.2, 0.25) is 0 Å². The third-order valence-corrected chi connectivity index (χ3v) is 3.25. The zero-order valence-corrected chi connectivity index (χ0v) is 12.6. The van der Waals surface area contributed by atoms with Crippen LogP contribution in [0.15, 0.2) is 36.4 Å². The Kier molecular flexibility index (Phi) is 4.48. The molecule has 2 aromatic rings. The molecule has 4 nitrogen and oxygen atoms in total. The second-order valence-electron chi connectivity index (χ2n) is 4.57. The Bertz CT molecular complexity index is 640. The Morgan fingerprint density at radius 1 is 0.857 bits per heavy atom. The summed E-state index contributed by atoms with van der Waals surface area (Å²) in [5.74, 6) is 1.29. The zero-order chi connectivity index (χ0) is 15.4. The van der Waals surface area contributed by atoms with Crippen LogP contribution in [0, 0.1) is 6.92 Å². The Hall–Kier alpha value is -2.49. The molecule has 0 radical (unpaired) electrons. The van der Waals surface area contributed by atoms with Gasteiger partial charge < -0.3 is 14.2 Å². The summed E-state index contributed by atoms with van der Waals surface area (Å²) in [6, 6.07) is 10.7. The highest BCUT2D eigenvalue weighted by atomic mass is 16.5. The average molecular weight is 286 g/mol. The first-order chi connectivity index (χ1) is 10.1. The van der Waals surface area contributed by atoms with Crippen LogP contribution >= 0.6 is 0 Å². The Labute approximate surface area is 124 Å². The van der Waals surface area contributed by atoms with E-state index in [1.54, 1.807) is 37.4 Å². The van der Waals surface area contributed by atoms with E-state index in [-0.39, 0.29) is 5.78 Å². The molecule has 0 heterocycles. The first-order valence-electron chi connectivity index (χ1n) is 6.52. The smallest absolute Gasteiger partial charge is 0.204 e. The standard InChI is InChI=1S/C17H18O4/c1-11-8-9-13(19-2)12(10-11)17(18)16-14(20-3)6-5-7-15(16)21-4/h5-10H,1-4H3. The van der Waals surface area contributed by atoms with Crippen LogP contribution in [0.3, 0.4) is 0 Å². The summed E-state index contributed by atoms with van der Waals surface area (Å²) >= 11 is 0. The van der Waals surface area contributed by atoms with Crippen molar-refractivity contribution in [2.75, 3.05) is 21.3 Å². The van der Waals surface area contributed by atoms with E-state index in [0.717, 1.165) is 5.56 Å². The van der Waals surface area contributed by atoms with Gasteiger partial charge in [-0.2, -0.15) is 0 Å². The number of ketones is 1. The maximum absolute atomic E-state index is 12.9. The monoisotopic (exact) mass is 286 g/mol. The predicted octanol–water partition coefficient (Wildman–Crippen LogP) is 3.25. The molecule has 0 bridgehead atoms. The summed E-state index contributed by atoms with van der Waals surface area (Å²) in [6.07, 6.45) is 0. The third kappa shape index (κ3) is 2.84. The van der Waals surface area contributed by atoms with E-state index in [4.69, 9.17) is 14.2 Å². The van der Waals surface area contributed by atoms with Crippen LogP contribution in [-0.4, -0.2) is 27.1 Å². The minimum atomic E-state index is -0.190. The number of hydrogen-bond acceptors (Lipinski definition) is 4. The molecule has 0 atom stereocenters. The fourth-order valence-corrected chi connectivity index (χ4v) is 2.21. The lowest BCUT2D eigenvalue weighted by Gasteiger charge is -2.14. The number of carbonyl (C=O) groups is 1. The predicted molar refractivity (Wildman–Crippen MR) is 80.7 cm³/mol. The average Bonchev–Trinajstić information content (AvgIpc) is 2.53.